The molecule has 1 aliphatic rings. The van der Waals surface area contributed by atoms with Crippen molar-refractivity contribution in [2.75, 3.05) is 23.3 Å². The molecule has 0 saturated carbocycles. The highest BCUT2D eigenvalue weighted by molar-refractivity contribution is 6.31. The second-order valence-corrected chi connectivity index (χ2v) is 5.55. The third-order valence-corrected chi connectivity index (χ3v) is 3.71. The zero-order valence-electron chi connectivity index (χ0n) is 11.7. The first-order valence-electron chi connectivity index (χ1n) is 6.94. The molecular weight excluding hydrogens is 291 g/mol. The topological polar surface area (TPSA) is 41.1 Å². The number of halogens is 2. The van der Waals surface area contributed by atoms with Crippen molar-refractivity contribution in [3.8, 4) is 0 Å². The standard InChI is InChI=1S/C15H16ClFN4/c1-10-8-14(19-11-4-5-13(17)12(16)9-11)20-15(18-10)21-6-2-3-7-21/h4-5,8-9H,2-3,6-7H2,1H3,(H,18,19,20). The Morgan fingerprint density at radius 3 is 2.67 bits per heavy atom. The van der Waals surface area contributed by atoms with Gasteiger partial charge in [0.2, 0.25) is 5.95 Å². The molecule has 21 heavy (non-hydrogen) atoms. The van der Waals surface area contributed by atoms with E-state index in [0.29, 0.717) is 11.5 Å². The van der Waals surface area contributed by atoms with Crippen LogP contribution in [0.3, 0.4) is 0 Å². The molecule has 1 fully saturated rings. The Kier molecular flexibility index (Phi) is 3.92. The smallest absolute Gasteiger partial charge is 0.227 e. The molecule has 4 nitrogen and oxygen atoms in total. The van der Waals surface area contributed by atoms with Crippen LogP contribution in [-0.4, -0.2) is 23.1 Å². The highest BCUT2D eigenvalue weighted by atomic mass is 35.5. The molecule has 1 N–H and O–H groups in total. The van der Waals surface area contributed by atoms with Crippen LogP contribution in [0.25, 0.3) is 0 Å². The second kappa shape index (κ2) is 5.85. The van der Waals surface area contributed by atoms with Gasteiger partial charge >= 0.3 is 0 Å². The van der Waals surface area contributed by atoms with Gasteiger partial charge in [-0.15, -0.1) is 0 Å². The Bertz CT molecular complexity index is 656. The Morgan fingerprint density at radius 1 is 1.19 bits per heavy atom. The van der Waals surface area contributed by atoms with Crippen LogP contribution in [0.5, 0.6) is 0 Å². The van der Waals surface area contributed by atoms with Crippen molar-refractivity contribution < 1.29 is 4.39 Å². The third kappa shape index (κ3) is 3.24. The van der Waals surface area contributed by atoms with Crippen LogP contribution in [0.1, 0.15) is 18.5 Å². The van der Waals surface area contributed by atoms with Crippen LogP contribution in [0, 0.1) is 12.7 Å². The van der Waals surface area contributed by atoms with Crippen LogP contribution >= 0.6 is 11.6 Å². The number of aromatic nitrogens is 2. The van der Waals surface area contributed by atoms with Crippen molar-refractivity contribution in [1.29, 1.82) is 0 Å². The Morgan fingerprint density at radius 2 is 1.95 bits per heavy atom. The van der Waals surface area contributed by atoms with Crippen LogP contribution in [0.2, 0.25) is 5.02 Å². The van der Waals surface area contributed by atoms with E-state index in [9.17, 15) is 4.39 Å². The quantitative estimate of drug-likeness (QED) is 0.933. The fourth-order valence-electron chi connectivity index (χ4n) is 2.40. The lowest BCUT2D eigenvalue weighted by Gasteiger charge is -2.17. The first-order chi connectivity index (χ1) is 10.1. The van der Waals surface area contributed by atoms with Crippen molar-refractivity contribution in [3.63, 3.8) is 0 Å². The van der Waals surface area contributed by atoms with E-state index in [4.69, 9.17) is 11.6 Å². The van der Waals surface area contributed by atoms with Gasteiger partial charge in [-0.05, 0) is 38.0 Å². The zero-order valence-corrected chi connectivity index (χ0v) is 12.5. The molecule has 1 saturated heterocycles. The van der Waals surface area contributed by atoms with E-state index in [1.165, 1.54) is 18.9 Å². The number of nitrogens with one attached hydrogen (secondary N) is 1. The van der Waals surface area contributed by atoms with Gasteiger partial charge in [-0.1, -0.05) is 11.6 Å². The summed E-state index contributed by atoms with van der Waals surface area (Å²) in [6.45, 7) is 3.92. The fraction of sp³-hybridized carbons (Fsp3) is 0.333. The summed E-state index contributed by atoms with van der Waals surface area (Å²) in [6.07, 6.45) is 2.35. The monoisotopic (exact) mass is 306 g/mol. The summed E-state index contributed by atoms with van der Waals surface area (Å²) in [6, 6.07) is 6.37. The van der Waals surface area contributed by atoms with E-state index in [2.05, 4.69) is 20.2 Å². The molecule has 0 amide bonds. The van der Waals surface area contributed by atoms with E-state index in [-0.39, 0.29) is 5.02 Å². The van der Waals surface area contributed by atoms with E-state index in [1.54, 1.807) is 12.1 Å². The lowest BCUT2D eigenvalue weighted by molar-refractivity contribution is 0.628. The summed E-state index contributed by atoms with van der Waals surface area (Å²) >= 11 is 5.79. The summed E-state index contributed by atoms with van der Waals surface area (Å²) in [5.74, 6) is 0.995. The highest BCUT2D eigenvalue weighted by Gasteiger charge is 2.16. The molecule has 0 spiro atoms. The van der Waals surface area contributed by atoms with E-state index >= 15 is 0 Å². The maximum Gasteiger partial charge on any atom is 0.227 e. The first kappa shape index (κ1) is 14.1. The average Bonchev–Trinajstić information content (AvgIpc) is 2.96. The summed E-state index contributed by atoms with van der Waals surface area (Å²) in [5.41, 5.74) is 1.59. The summed E-state index contributed by atoms with van der Waals surface area (Å²) < 4.78 is 13.2. The maximum absolute atomic E-state index is 13.2. The minimum Gasteiger partial charge on any atom is -0.341 e. The molecule has 0 unspecified atom stereocenters. The number of benzene rings is 1. The molecule has 1 aromatic carbocycles. The normalized spacial score (nSPS) is 14.5. The van der Waals surface area contributed by atoms with E-state index < -0.39 is 5.82 Å². The molecule has 0 bridgehead atoms. The molecule has 2 heterocycles. The van der Waals surface area contributed by atoms with Crippen LogP contribution in [0.15, 0.2) is 24.3 Å². The molecule has 0 atom stereocenters. The minimum absolute atomic E-state index is 0.0885. The van der Waals surface area contributed by atoms with Crippen molar-refractivity contribution in [1.82, 2.24) is 9.97 Å². The van der Waals surface area contributed by atoms with Crippen molar-refractivity contribution in [3.05, 3.63) is 40.8 Å². The van der Waals surface area contributed by atoms with E-state index in [1.807, 2.05) is 13.0 Å². The number of hydrogen-bond donors (Lipinski definition) is 1. The van der Waals surface area contributed by atoms with Gasteiger partial charge in [0, 0.05) is 30.5 Å². The van der Waals surface area contributed by atoms with Crippen LogP contribution in [0.4, 0.5) is 21.8 Å². The predicted octanol–water partition coefficient (Wildman–Crippen LogP) is 3.92. The van der Waals surface area contributed by atoms with E-state index in [0.717, 1.165) is 24.7 Å². The third-order valence-electron chi connectivity index (χ3n) is 3.42. The molecule has 1 aromatic heterocycles. The lowest BCUT2D eigenvalue weighted by atomic mass is 10.3. The van der Waals surface area contributed by atoms with Gasteiger partial charge in [-0.25, -0.2) is 9.37 Å². The van der Waals surface area contributed by atoms with Gasteiger partial charge in [0.15, 0.2) is 0 Å². The zero-order chi connectivity index (χ0) is 14.8. The molecule has 3 rings (SSSR count). The van der Waals surface area contributed by atoms with Gasteiger partial charge in [-0.2, -0.15) is 4.98 Å². The van der Waals surface area contributed by atoms with Gasteiger partial charge in [-0.3, -0.25) is 0 Å². The number of aryl methyl sites for hydroxylation is 1. The molecule has 1 aliphatic heterocycles. The van der Waals surface area contributed by atoms with Crippen molar-refractivity contribution >= 4 is 29.1 Å². The van der Waals surface area contributed by atoms with Crippen LogP contribution < -0.4 is 10.2 Å². The van der Waals surface area contributed by atoms with Crippen LogP contribution in [-0.2, 0) is 0 Å². The van der Waals surface area contributed by atoms with Crippen molar-refractivity contribution in [2.45, 2.75) is 19.8 Å². The predicted molar refractivity (Wildman–Crippen MR) is 82.9 cm³/mol. The molecule has 0 radical (unpaired) electrons. The Labute approximate surface area is 128 Å². The Balaban J connectivity index is 1.85. The number of hydrogen-bond acceptors (Lipinski definition) is 4. The van der Waals surface area contributed by atoms with Crippen molar-refractivity contribution in [2.24, 2.45) is 0 Å². The summed E-state index contributed by atoms with van der Waals surface area (Å²) in [4.78, 5) is 11.2. The maximum atomic E-state index is 13.2. The molecular formula is C15H16ClFN4. The van der Waals surface area contributed by atoms with Gasteiger partial charge in [0.25, 0.3) is 0 Å². The molecule has 0 aliphatic carbocycles. The molecule has 6 heteroatoms. The molecule has 2 aromatic rings. The molecule has 110 valence electrons. The minimum atomic E-state index is -0.432. The van der Waals surface area contributed by atoms with Gasteiger partial charge in [0.05, 0.1) is 5.02 Å². The highest BCUT2D eigenvalue weighted by Crippen LogP contribution is 2.24. The SMILES string of the molecule is Cc1cc(Nc2ccc(F)c(Cl)c2)nc(N2CCCC2)n1. The fourth-order valence-corrected chi connectivity index (χ4v) is 2.58. The number of rotatable bonds is 3. The summed E-state index contributed by atoms with van der Waals surface area (Å²) in [5, 5.41) is 3.24. The summed E-state index contributed by atoms with van der Waals surface area (Å²) in [7, 11) is 0. The Hall–Kier alpha value is -1.88. The largest absolute Gasteiger partial charge is 0.341 e. The van der Waals surface area contributed by atoms with Gasteiger partial charge in [0.1, 0.15) is 11.6 Å². The lowest BCUT2D eigenvalue weighted by Crippen LogP contribution is -2.21. The number of nitrogens with zero attached hydrogens (tertiary/aromatic N) is 3. The van der Waals surface area contributed by atoms with Gasteiger partial charge < -0.3 is 10.2 Å². The average molecular weight is 307 g/mol. The number of anilines is 3. The second-order valence-electron chi connectivity index (χ2n) is 5.14. The first-order valence-corrected chi connectivity index (χ1v) is 7.32.